The third kappa shape index (κ3) is 0.814. The zero-order valence-corrected chi connectivity index (χ0v) is 5.88. The Labute approximate surface area is 60.0 Å². The minimum absolute atomic E-state index is 0.126. The van der Waals surface area contributed by atoms with Gasteiger partial charge in [-0.2, -0.15) is 0 Å². The van der Waals surface area contributed by atoms with Crippen LogP contribution in [0.5, 0.6) is 0 Å². The van der Waals surface area contributed by atoms with Crippen molar-refractivity contribution in [3.8, 4) is 0 Å². The number of rotatable bonds is 0. The molecule has 0 aromatic heterocycles. The Hall–Kier alpha value is -0.570. The average Bonchev–Trinajstić information content (AvgIpc) is 2.34. The molecule has 0 aliphatic carbocycles. The second-order valence-electron chi connectivity index (χ2n) is 2.80. The van der Waals surface area contributed by atoms with Crippen LogP contribution >= 0.6 is 0 Å². The van der Waals surface area contributed by atoms with E-state index in [0.29, 0.717) is 6.42 Å². The van der Waals surface area contributed by atoms with Crippen molar-refractivity contribution >= 4 is 5.91 Å². The molecule has 0 aromatic rings. The molecule has 0 radical (unpaired) electrons. The van der Waals surface area contributed by atoms with Crippen LogP contribution in [0.15, 0.2) is 0 Å². The third-order valence-electron chi connectivity index (χ3n) is 2.13. The number of hydrogen-bond acceptors (Lipinski definition) is 2. The fourth-order valence-corrected chi connectivity index (χ4v) is 1.60. The molecule has 2 heterocycles. The van der Waals surface area contributed by atoms with Gasteiger partial charge in [-0.25, -0.2) is 0 Å². The molecule has 0 bridgehead atoms. The third-order valence-corrected chi connectivity index (χ3v) is 2.13. The van der Waals surface area contributed by atoms with Gasteiger partial charge in [0.1, 0.15) is 6.23 Å². The van der Waals surface area contributed by atoms with E-state index in [-0.39, 0.29) is 12.1 Å². The fourth-order valence-electron chi connectivity index (χ4n) is 1.60. The lowest BCUT2D eigenvalue weighted by Gasteiger charge is -2.29. The predicted octanol–water partition coefficient (Wildman–Crippen LogP) is 0.355. The Bertz CT molecular complexity index is 158. The van der Waals surface area contributed by atoms with E-state index in [1.165, 1.54) is 0 Å². The Morgan fingerprint density at radius 2 is 2.50 bits per heavy atom. The summed E-state index contributed by atoms with van der Waals surface area (Å²) in [5, 5.41) is 0. The molecule has 2 rings (SSSR count). The van der Waals surface area contributed by atoms with Crippen LogP contribution in [0, 0.1) is 0 Å². The maximum atomic E-state index is 11.1. The number of carbonyl (C=O) groups is 1. The molecule has 1 unspecified atom stereocenters. The van der Waals surface area contributed by atoms with Gasteiger partial charge < -0.3 is 9.64 Å². The van der Waals surface area contributed by atoms with Gasteiger partial charge in [0.2, 0.25) is 5.91 Å². The molecule has 2 aliphatic heterocycles. The minimum Gasteiger partial charge on any atom is -0.358 e. The molecule has 10 heavy (non-hydrogen) atoms. The van der Waals surface area contributed by atoms with E-state index in [4.69, 9.17) is 4.74 Å². The molecular weight excluding hydrogens is 130 g/mol. The largest absolute Gasteiger partial charge is 0.358 e. The lowest BCUT2D eigenvalue weighted by Crippen LogP contribution is -2.40. The summed E-state index contributed by atoms with van der Waals surface area (Å²) >= 11 is 0. The molecule has 2 saturated heterocycles. The quantitative estimate of drug-likeness (QED) is 0.487. The van der Waals surface area contributed by atoms with Crippen molar-refractivity contribution in [2.75, 3.05) is 13.2 Å². The van der Waals surface area contributed by atoms with Crippen LogP contribution < -0.4 is 0 Å². The van der Waals surface area contributed by atoms with Crippen LogP contribution in [0.1, 0.15) is 19.3 Å². The van der Waals surface area contributed by atoms with Crippen LogP contribution in [0.4, 0.5) is 0 Å². The first-order valence-electron chi connectivity index (χ1n) is 3.79. The smallest absolute Gasteiger partial charge is 0.224 e. The second kappa shape index (κ2) is 2.23. The van der Waals surface area contributed by atoms with Crippen LogP contribution in [-0.4, -0.2) is 30.2 Å². The fraction of sp³-hybridized carbons (Fsp3) is 0.857. The molecule has 0 N–H and O–H groups in total. The van der Waals surface area contributed by atoms with Crippen LogP contribution in [0.3, 0.4) is 0 Å². The van der Waals surface area contributed by atoms with Crippen molar-refractivity contribution in [1.82, 2.24) is 4.90 Å². The summed E-state index contributed by atoms with van der Waals surface area (Å²) in [5.74, 6) is 0.268. The van der Waals surface area contributed by atoms with Crippen LogP contribution in [-0.2, 0) is 9.53 Å². The Balaban J connectivity index is 2.08. The standard InChI is InChI=1S/C7H11NO2/c9-6-2-3-7-8(6)4-1-5-10-7/h7H,1-5H2. The molecule has 2 aliphatic rings. The number of ether oxygens (including phenoxy) is 1. The molecule has 56 valence electrons. The molecule has 1 amide bonds. The summed E-state index contributed by atoms with van der Waals surface area (Å²) < 4.78 is 5.38. The average molecular weight is 141 g/mol. The molecule has 0 aromatic carbocycles. The zero-order valence-electron chi connectivity index (χ0n) is 5.88. The van der Waals surface area contributed by atoms with Gasteiger partial charge in [-0.15, -0.1) is 0 Å². The minimum atomic E-state index is 0.126. The van der Waals surface area contributed by atoms with Gasteiger partial charge in [0.25, 0.3) is 0 Å². The molecule has 1 atom stereocenters. The molecule has 0 saturated carbocycles. The summed E-state index contributed by atoms with van der Waals surface area (Å²) in [6.07, 6.45) is 2.72. The summed E-state index contributed by atoms with van der Waals surface area (Å²) in [5.41, 5.74) is 0. The highest BCUT2D eigenvalue weighted by atomic mass is 16.5. The van der Waals surface area contributed by atoms with E-state index < -0.39 is 0 Å². The summed E-state index contributed by atoms with van der Waals surface area (Å²) in [7, 11) is 0. The highest BCUT2D eigenvalue weighted by Crippen LogP contribution is 2.22. The number of fused-ring (bicyclic) bond motifs is 1. The number of nitrogens with zero attached hydrogens (tertiary/aromatic N) is 1. The Morgan fingerprint density at radius 3 is 3.30 bits per heavy atom. The van der Waals surface area contributed by atoms with E-state index in [1.807, 2.05) is 4.90 Å². The van der Waals surface area contributed by atoms with E-state index in [9.17, 15) is 4.79 Å². The van der Waals surface area contributed by atoms with Gasteiger partial charge in [-0.1, -0.05) is 0 Å². The zero-order chi connectivity index (χ0) is 6.97. The first-order chi connectivity index (χ1) is 4.88. The van der Waals surface area contributed by atoms with E-state index in [2.05, 4.69) is 0 Å². The van der Waals surface area contributed by atoms with Gasteiger partial charge in [0.05, 0.1) is 6.61 Å². The lowest BCUT2D eigenvalue weighted by molar-refractivity contribution is -0.142. The van der Waals surface area contributed by atoms with Crippen molar-refractivity contribution in [3.05, 3.63) is 0 Å². The van der Waals surface area contributed by atoms with E-state index in [0.717, 1.165) is 26.0 Å². The van der Waals surface area contributed by atoms with Gasteiger partial charge in [0.15, 0.2) is 0 Å². The summed E-state index contributed by atoms with van der Waals surface area (Å²) in [6, 6.07) is 0. The maximum Gasteiger partial charge on any atom is 0.224 e. The van der Waals surface area contributed by atoms with Gasteiger partial charge >= 0.3 is 0 Å². The van der Waals surface area contributed by atoms with Crippen LogP contribution in [0.25, 0.3) is 0 Å². The first kappa shape index (κ1) is 6.16. The molecule has 2 fully saturated rings. The monoisotopic (exact) mass is 141 g/mol. The lowest BCUT2D eigenvalue weighted by atomic mass is 10.3. The number of hydrogen-bond donors (Lipinski definition) is 0. The summed E-state index contributed by atoms with van der Waals surface area (Å²) in [6.45, 7) is 1.73. The van der Waals surface area contributed by atoms with Crippen molar-refractivity contribution in [2.45, 2.75) is 25.5 Å². The highest BCUT2D eigenvalue weighted by Gasteiger charge is 2.33. The normalized spacial score (nSPS) is 32.6. The SMILES string of the molecule is O=C1CCC2OCCCN12. The van der Waals surface area contributed by atoms with Crippen molar-refractivity contribution in [2.24, 2.45) is 0 Å². The molecule has 3 heteroatoms. The van der Waals surface area contributed by atoms with Crippen molar-refractivity contribution < 1.29 is 9.53 Å². The van der Waals surface area contributed by atoms with Gasteiger partial charge in [-0.3, -0.25) is 4.79 Å². The van der Waals surface area contributed by atoms with E-state index >= 15 is 0 Å². The Morgan fingerprint density at radius 1 is 1.60 bits per heavy atom. The van der Waals surface area contributed by atoms with Crippen LogP contribution in [0.2, 0.25) is 0 Å². The van der Waals surface area contributed by atoms with Crippen molar-refractivity contribution in [3.63, 3.8) is 0 Å². The number of carbonyl (C=O) groups excluding carboxylic acids is 1. The summed E-state index contributed by atoms with van der Waals surface area (Å²) in [4.78, 5) is 12.9. The molecular formula is C7H11NO2. The first-order valence-corrected chi connectivity index (χ1v) is 3.79. The molecule has 0 spiro atoms. The van der Waals surface area contributed by atoms with E-state index in [1.54, 1.807) is 0 Å². The van der Waals surface area contributed by atoms with Gasteiger partial charge in [0, 0.05) is 19.4 Å². The topological polar surface area (TPSA) is 29.5 Å². The Kier molecular flexibility index (Phi) is 1.38. The molecule has 3 nitrogen and oxygen atoms in total. The maximum absolute atomic E-state index is 11.1. The van der Waals surface area contributed by atoms with Gasteiger partial charge in [-0.05, 0) is 6.42 Å². The predicted molar refractivity (Wildman–Crippen MR) is 35.3 cm³/mol. The second-order valence-corrected chi connectivity index (χ2v) is 2.80. The number of amides is 1. The van der Waals surface area contributed by atoms with Crippen molar-refractivity contribution in [1.29, 1.82) is 0 Å². The highest BCUT2D eigenvalue weighted by molar-refractivity contribution is 5.78.